The lowest BCUT2D eigenvalue weighted by Gasteiger charge is -2.08. The van der Waals surface area contributed by atoms with E-state index < -0.39 is 6.10 Å². The highest BCUT2D eigenvalue weighted by Crippen LogP contribution is 2.31. The van der Waals surface area contributed by atoms with Crippen molar-refractivity contribution in [3.8, 4) is 0 Å². The molecular weight excluding hydrogens is 302 g/mol. The molecular formula is C11H12BrN3OS. The number of nitrogens with one attached hydrogen (secondary N) is 1. The van der Waals surface area contributed by atoms with Gasteiger partial charge in [-0.25, -0.2) is 4.98 Å². The van der Waals surface area contributed by atoms with E-state index in [1.807, 2.05) is 25.1 Å². The number of aliphatic hydroxyl groups is 1. The van der Waals surface area contributed by atoms with Gasteiger partial charge >= 0.3 is 0 Å². The Labute approximate surface area is 112 Å². The first-order valence-electron chi connectivity index (χ1n) is 5.10. The highest BCUT2D eigenvalue weighted by molar-refractivity contribution is 9.10. The number of H-pyrrole nitrogens is 1. The highest BCUT2D eigenvalue weighted by Gasteiger charge is 2.08. The molecule has 0 radical (unpaired) electrons. The van der Waals surface area contributed by atoms with Gasteiger partial charge in [-0.15, -0.1) is 5.10 Å². The van der Waals surface area contributed by atoms with Crippen LogP contribution in [0.4, 0.5) is 0 Å². The van der Waals surface area contributed by atoms with Crippen molar-refractivity contribution in [3.63, 3.8) is 0 Å². The smallest absolute Gasteiger partial charge is 0.213 e. The van der Waals surface area contributed by atoms with Crippen molar-refractivity contribution in [2.45, 2.75) is 30.0 Å². The molecule has 1 heterocycles. The second-order valence-corrected chi connectivity index (χ2v) is 5.56. The van der Waals surface area contributed by atoms with E-state index in [1.165, 1.54) is 11.8 Å². The fourth-order valence-corrected chi connectivity index (χ4v) is 3.04. The molecule has 0 saturated heterocycles. The Morgan fingerprint density at radius 3 is 2.76 bits per heavy atom. The zero-order valence-corrected chi connectivity index (χ0v) is 11.8. The van der Waals surface area contributed by atoms with Crippen LogP contribution in [0.1, 0.15) is 24.4 Å². The summed E-state index contributed by atoms with van der Waals surface area (Å²) >= 11 is 4.92. The van der Waals surface area contributed by atoms with E-state index in [0.717, 1.165) is 20.8 Å². The molecule has 0 aliphatic rings. The Hall–Kier alpha value is -0.850. The average Bonchev–Trinajstić information content (AvgIpc) is 2.63. The molecule has 1 aromatic carbocycles. The molecule has 0 aliphatic heterocycles. The lowest BCUT2D eigenvalue weighted by Crippen LogP contribution is -1.92. The number of rotatable bonds is 3. The van der Waals surface area contributed by atoms with E-state index in [2.05, 4.69) is 31.1 Å². The molecule has 2 N–H and O–H groups in total. The highest BCUT2D eigenvalue weighted by atomic mass is 79.9. The minimum Gasteiger partial charge on any atom is -0.389 e. The number of aryl methyl sites for hydroxylation is 1. The van der Waals surface area contributed by atoms with E-state index in [9.17, 15) is 5.11 Å². The topological polar surface area (TPSA) is 61.8 Å². The quantitative estimate of drug-likeness (QED) is 0.914. The van der Waals surface area contributed by atoms with Crippen LogP contribution < -0.4 is 0 Å². The lowest BCUT2D eigenvalue weighted by atomic mass is 10.1. The van der Waals surface area contributed by atoms with Gasteiger partial charge in [-0.1, -0.05) is 22.0 Å². The molecule has 2 aromatic rings. The average molecular weight is 314 g/mol. The molecule has 0 fully saturated rings. The molecule has 17 heavy (non-hydrogen) atoms. The maximum atomic E-state index is 9.52. The van der Waals surface area contributed by atoms with Gasteiger partial charge in [0.05, 0.1) is 6.10 Å². The Balaban J connectivity index is 2.20. The fourth-order valence-electron chi connectivity index (χ4n) is 1.38. The summed E-state index contributed by atoms with van der Waals surface area (Å²) in [4.78, 5) is 5.25. The van der Waals surface area contributed by atoms with Crippen molar-refractivity contribution in [2.75, 3.05) is 0 Å². The molecule has 1 atom stereocenters. The van der Waals surface area contributed by atoms with Crippen LogP contribution in [0.15, 0.2) is 32.7 Å². The maximum absolute atomic E-state index is 9.52. The standard InChI is InChI=1S/C11H12BrN3OS/c1-6(16)9-4-3-8(5-10(9)12)17-11-13-7(2)14-15-11/h3-6,16H,1-2H3,(H,13,14,15)/t6-/m1/s1. The summed E-state index contributed by atoms with van der Waals surface area (Å²) in [5, 5.41) is 17.1. The van der Waals surface area contributed by atoms with Crippen LogP contribution in [0.25, 0.3) is 0 Å². The van der Waals surface area contributed by atoms with E-state index in [4.69, 9.17) is 0 Å². The molecule has 0 amide bonds. The van der Waals surface area contributed by atoms with E-state index in [0.29, 0.717) is 5.16 Å². The van der Waals surface area contributed by atoms with Gasteiger partial charge in [-0.05, 0) is 43.3 Å². The Morgan fingerprint density at radius 2 is 2.24 bits per heavy atom. The summed E-state index contributed by atoms with van der Waals surface area (Å²) in [6.45, 7) is 3.61. The summed E-state index contributed by atoms with van der Waals surface area (Å²) in [5.74, 6) is 0.798. The minimum atomic E-state index is -0.478. The lowest BCUT2D eigenvalue weighted by molar-refractivity contribution is 0.198. The van der Waals surface area contributed by atoms with Gasteiger partial charge in [0.25, 0.3) is 0 Å². The Morgan fingerprint density at radius 1 is 1.47 bits per heavy atom. The SMILES string of the molecule is Cc1nc(Sc2ccc([C@@H](C)O)c(Br)c2)n[nH]1. The van der Waals surface area contributed by atoms with Gasteiger partial charge in [-0.2, -0.15) is 0 Å². The number of halogens is 1. The number of hydrogen-bond acceptors (Lipinski definition) is 4. The molecule has 0 bridgehead atoms. The predicted octanol–water partition coefficient (Wildman–Crippen LogP) is 3.08. The van der Waals surface area contributed by atoms with E-state index >= 15 is 0 Å². The van der Waals surface area contributed by atoms with Crippen LogP contribution >= 0.6 is 27.7 Å². The first-order valence-corrected chi connectivity index (χ1v) is 6.71. The second-order valence-electron chi connectivity index (χ2n) is 3.66. The van der Waals surface area contributed by atoms with Gasteiger partial charge in [-0.3, -0.25) is 5.10 Å². The molecule has 1 aromatic heterocycles. The third-order valence-corrected chi connectivity index (χ3v) is 3.75. The minimum absolute atomic E-state index is 0.478. The number of aromatic amines is 1. The van der Waals surface area contributed by atoms with Crippen molar-refractivity contribution in [1.82, 2.24) is 15.2 Å². The van der Waals surface area contributed by atoms with Crippen LogP contribution in [0.5, 0.6) is 0 Å². The second kappa shape index (κ2) is 5.20. The largest absolute Gasteiger partial charge is 0.389 e. The van der Waals surface area contributed by atoms with E-state index in [-0.39, 0.29) is 0 Å². The fraction of sp³-hybridized carbons (Fsp3) is 0.273. The number of hydrogen-bond donors (Lipinski definition) is 2. The summed E-state index contributed by atoms with van der Waals surface area (Å²) in [5.41, 5.74) is 0.875. The number of aromatic nitrogens is 3. The maximum Gasteiger partial charge on any atom is 0.213 e. The van der Waals surface area contributed by atoms with Crippen molar-refractivity contribution < 1.29 is 5.11 Å². The normalized spacial score (nSPS) is 12.7. The number of benzene rings is 1. The zero-order valence-electron chi connectivity index (χ0n) is 9.44. The van der Waals surface area contributed by atoms with Crippen molar-refractivity contribution in [2.24, 2.45) is 0 Å². The number of nitrogens with zero attached hydrogens (tertiary/aromatic N) is 2. The van der Waals surface area contributed by atoms with Gasteiger partial charge < -0.3 is 5.11 Å². The van der Waals surface area contributed by atoms with Crippen LogP contribution in [-0.2, 0) is 0 Å². The van der Waals surface area contributed by atoms with Crippen LogP contribution in [0, 0.1) is 6.92 Å². The Bertz CT molecular complexity index is 527. The predicted molar refractivity (Wildman–Crippen MR) is 70.0 cm³/mol. The molecule has 0 saturated carbocycles. The van der Waals surface area contributed by atoms with Crippen LogP contribution in [0.3, 0.4) is 0 Å². The van der Waals surface area contributed by atoms with Gasteiger partial charge in [0.1, 0.15) is 5.82 Å². The molecule has 0 unspecified atom stereocenters. The first kappa shape index (κ1) is 12.6. The van der Waals surface area contributed by atoms with Gasteiger partial charge in [0, 0.05) is 9.37 Å². The van der Waals surface area contributed by atoms with Crippen LogP contribution in [-0.4, -0.2) is 20.3 Å². The van der Waals surface area contributed by atoms with Gasteiger partial charge in [0.15, 0.2) is 0 Å². The molecule has 6 heteroatoms. The number of aliphatic hydroxyl groups excluding tert-OH is 1. The first-order chi connectivity index (χ1) is 8.06. The van der Waals surface area contributed by atoms with Crippen molar-refractivity contribution >= 4 is 27.7 Å². The molecule has 4 nitrogen and oxygen atoms in total. The molecule has 0 aliphatic carbocycles. The third-order valence-electron chi connectivity index (χ3n) is 2.21. The molecule has 90 valence electrons. The van der Waals surface area contributed by atoms with Gasteiger partial charge in [0.2, 0.25) is 5.16 Å². The monoisotopic (exact) mass is 313 g/mol. The summed E-state index contributed by atoms with van der Waals surface area (Å²) in [6, 6.07) is 5.80. The van der Waals surface area contributed by atoms with Crippen LogP contribution in [0.2, 0.25) is 0 Å². The summed E-state index contributed by atoms with van der Waals surface area (Å²) < 4.78 is 0.893. The van der Waals surface area contributed by atoms with Crippen molar-refractivity contribution in [3.05, 3.63) is 34.1 Å². The zero-order chi connectivity index (χ0) is 12.4. The summed E-state index contributed by atoms with van der Waals surface area (Å²) in [6.07, 6.45) is -0.478. The third kappa shape index (κ3) is 3.08. The van der Waals surface area contributed by atoms with Crippen molar-refractivity contribution in [1.29, 1.82) is 0 Å². The summed E-state index contributed by atoms with van der Waals surface area (Å²) in [7, 11) is 0. The Kier molecular flexibility index (Phi) is 3.86. The molecule has 2 rings (SSSR count). The molecule has 0 spiro atoms. The van der Waals surface area contributed by atoms with E-state index in [1.54, 1.807) is 6.92 Å².